The van der Waals surface area contributed by atoms with Crippen LogP contribution < -0.4 is 16.4 Å². The predicted molar refractivity (Wildman–Crippen MR) is 131 cm³/mol. The molecule has 1 heterocycles. The molecule has 1 aliphatic heterocycles. The van der Waals surface area contributed by atoms with E-state index in [0.29, 0.717) is 0 Å². The van der Waals surface area contributed by atoms with Crippen LogP contribution in [0, 0.1) is 11.8 Å². The van der Waals surface area contributed by atoms with Crippen LogP contribution in [-0.4, -0.2) is 71.8 Å². The molecular formula is C25H33F3N4O6. The van der Waals surface area contributed by atoms with Crippen LogP contribution in [-0.2, 0) is 23.9 Å². The summed E-state index contributed by atoms with van der Waals surface area (Å²) < 4.78 is 44.4. The third-order valence-corrected chi connectivity index (χ3v) is 6.48. The number of esters is 1. The van der Waals surface area contributed by atoms with Crippen molar-refractivity contribution < 1.29 is 41.9 Å². The minimum absolute atomic E-state index is 0.0546. The van der Waals surface area contributed by atoms with Crippen molar-refractivity contribution in [1.82, 2.24) is 10.2 Å². The summed E-state index contributed by atoms with van der Waals surface area (Å²) in [5.74, 6) is -7.08. The Labute approximate surface area is 218 Å². The number of rotatable bonds is 9. The number of hydrogen-bond acceptors (Lipinski definition) is 7. The zero-order valence-electron chi connectivity index (χ0n) is 21.8. The molecule has 38 heavy (non-hydrogen) atoms. The van der Waals surface area contributed by atoms with Crippen molar-refractivity contribution >= 4 is 35.2 Å². The molecule has 0 aromatic heterocycles. The number of halogens is 3. The van der Waals surface area contributed by atoms with Crippen LogP contribution >= 0.6 is 0 Å². The molecule has 0 saturated carbocycles. The molecule has 3 atom stereocenters. The summed E-state index contributed by atoms with van der Waals surface area (Å²) in [5.41, 5.74) is 4.08. The Morgan fingerprint density at radius 2 is 1.58 bits per heavy atom. The number of likely N-dealkylation sites (tertiary alicyclic amines) is 1. The van der Waals surface area contributed by atoms with Gasteiger partial charge in [-0.15, -0.1) is 0 Å². The second-order valence-electron chi connectivity index (χ2n) is 9.80. The van der Waals surface area contributed by atoms with Crippen LogP contribution in [0.3, 0.4) is 0 Å². The van der Waals surface area contributed by atoms with E-state index in [1.54, 1.807) is 13.8 Å². The third kappa shape index (κ3) is 6.32. The van der Waals surface area contributed by atoms with Gasteiger partial charge in [-0.05, 0) is 48.9 Å². The zero-order valence-corrected chi connectivity index (χ0v) is 21.8. The number of carbonyl (C=O) groups excluding carboxylic acids is 5. The van der Waals surface area contributed by atoms with Crippen molar-refractivity contribution in [3.63, 3.8) is 0 Å². The molecule has 2 rings (SSSR count). The maximum Gasteiger partial charge on any atom is 0.452 e. The summed E-state index contributed by atoms with van der Waals surface area (Å²) >= 11 is 0. The molecule has 1 saturated heterocycles. The highest BCUT2D eigenvalue weighted by Crippen LogP contribution is 2.33. The number of benzene rings is 1. The molecule has 1 aromatic carbocycles. The summed E-state index contributed by atoms with van der Waals surface area (Å²) in [4.78, 5) is 65.3. The number of nitrogens with two attached hydrogens (primary N) is 1. The molecule has 3 amide bonds. The molecule has 1 aromatic rings. The molecule has 1 fully saturated rings. The van der Waals surface area contributed by atoms with E-state index < -0.39 is 59.2 Å². The van der Waals surface area contributed by atoms with Gasteiger partial charge < -0.3 is 26.0 Å². The number of anilines is 1. The summed E-state index contributed by atoms with van der Waals surface area (Å²) in [6.45, 7) is 5.91. The summed E-state index contributed by atoms with van der Waals surface area (Å²) in [6.07, 6.45) is -5.27. The number of alkyl halides is 3. The molecule has 10 nitrogen and oxygen atoms in total. The van der Waals surface area contributed by atoms with E-state index in [1.807, 2.05) is 0 Å². The zero-order chi connectivity index (χ0) is 29.0. The fraction of sp³-hybridized carbons (Fsp3) is 0.560. The first kappa shape index (κ1) is 30.7. The maximum absolute atomic E-state index is 13.7. The highest BCUT2D eigenvalue weighted by Gasteiger charge is 2.58. The Balaban J connectivity index is 2.52. The molecule has 0 spiro atoms. The largest absolute Gasteiger partial charge is 0.465 e. The lowest BCUT2D eigenvalue weighted by Crippen LogP contribution is -2.68. The van der Waals surface area contributed by atoms with Crippen LogP contribution in [0.5, 0.6) is 0 Å². The number of nitrogens with one attached hydrogen (secondary N) is 2. The van der Waals surface area contributed by atoms with E-state index in [2.05, 4.69) is 15.4 Å². The van der Waals surface area contributed by atoms with Crippen molar-refractivity contribution in [2.45, 2.75) is 64.3 Å². The quantitative estimate of drug-likeness (QED) is 0.319. The lowest BCUT2D eigenvalue weighted by Gasteiger charge is -2.38. The lowest BCUT2D eigenvalue weighted by molar-refractivity contribution is -0.175. The normalized spacial score (nSPS) is 19.2. The molecule has 210 valence electrons. The number of ether oxygens (including phenoxy) is 1. The standard InChI is InChI=1S/C25H33F3N4O6/c1-13(2)17(29)20(34)32-12-6-11-24(32,23(37)31-18(14(3)4)19(33)25(26,27)28)22(36)30-16-9-7-15(8-10-16)21(35)38-5/h7-10,13-14,17-18H,6,11-12,29H2,1-5H3,(H,30,36)(H,31,37)/t17-,18?,24+/m0/s1. The third-order valence-electron chi connectivity index (χ3n) is 6.48. The Morgan fingerprint density at radius 3 is 2.05 bits per heavy atom. The highest BCUT2D eigenvalue weighted by molar-refractivity contribution is 6.18. The van der Waals surface area contributed by atoms with Gasteiger partial charge in [0, 0.05) is 12.2 Å². The summed E-state index contributed by atoms with van der Waals surface area (Å²) in [6, 6.07) is 2.36. The first-order valence-electron chi connectivity index (χ1n) is 12.1. The van der Waals surface area contributed by atoms with E-state index in [1.165, 1.54) is 45.2 Å². The Morgan fingerprint density at radius 1 is 1.00 bits per heavy atom. The minimum atomic E-state index is -5.23. The van der Waals surface area contributed by atoms with Crippen molar-refractivity contribution in [1.29, 1.82) is 0 Å². The van der Waals surface area contributed by atoms with Gasteiger partial charge in [0.2, 0.25) is 11.4 Å². The molecular weight excluding hydrogens is 509 g/mol. The Hall–Kier alpha value is -3.48. The fourth-order valence-corrected chi connectivity index (χ4v) is 4.17. The van der Waals surface area contributed by atoms with Gasteiger partial charge in [0.1, 0.15) is 0 Å². The number of methoxy groups -OCH3 is 1. The van der Waals surface area contributed by atoms with Gasteiger partial charge in [-0.2, -0.15) is 13.2 Å². The molecule has 0 aliphatic carbocycles. The number of carbonyl (C=O) groups is 5. The fourth-order valence-electron chi connectivity index (χ4n) is 4.17. The van der Waals surface area contributed by atoms with Crippen LogP contribution in [0.4, 0.5) is 18.9 Å². The second-order valence-corrected chi connectivity index (χ2v) is 9.80. The first-order chi connectivity index (χ1) is 17.6. The molecule has 4 N–H and O–H groups in total. The Kier molecular flexibility index (Phi) is 9.65. The lowest BCUT2D eigenvalue weighted by atomic mass is 9.89. The molecule has 0 bridgehead atoms. The van der Waals surface area contributed by atoms with Crippen LogP contribution in [0.2, 0.25) is 0 Å². The van der Waals surface area contributed by atoms with Gasteiger partial charge in [-0.3, -0.25) is 19.2 Å². The second kappa shape index (κ2) is 11.9. The van der Waals surface area contributed by atoms with Crippen molar-refractivity contribution in [2.24, 2.45) is 17.6 Å². The average molecular weight is 543 g/mol. The molecule has 1 aliphatic rings. The summed E-state index contributed by atoms with van der Waals surface area (Å²) in [7, 11) is 1.20. The molecule has 0 radical (unpaired) electrons. The van der Waals surface area contributed by atoms with E-state index in [0.717, 1.165) is 4.90 Å². The van der Waals surface area contributed by atoms with E-state index >= 15 is 0 Å². The van der Waals surface area contributed by atoms with Gasteiger partial charge in [-0.25, -0.2) is 4.79 Å². The predicted octanol–water partition coefficient (Wildman–Crippen LogP) is 2.03. The SMILES string of the molecule is COC(=O)c1ccc(NC(=O)[C@@]2(C(=O)NC(C(=O)C(F)(F)F)C(C)C)CCCN2C(=O)[C@@H](N)C(C)C)cc1. The Bertz CT molecular complexity index is 1070. The van der Waals surface area contributed by atoms with E-state index in [4.69, 9.17) is 5.73 Å². The van der Waals surface area contributed by atoms with Gasteiger partial charge in [-0.1, -0.05) is 27.7 Å². The van der Waals surface area contributed by atoms with Gasteiger partial charge in [0.05, 0.1) is 24.8 Å². The van der Waals surface area contributed by atoms with Crippen molar-refractivity contribution in [3.05, 3.63) is 29.8 Å². The van der Waals surface area contributed by atoms with Gasteiger partial charge >= 0.3 is 12.1 Å². The molecule has 13 heteroatoms. The van der Waals surface area contributed by atoms with E-state index in [-0.39, 0.29) is 36.6 Å². The van der Waals surface area contributed by atoms with Gasteiger partial charge in [0.15, 0.2) is 0 Å². The maximum atomic E-state index is 13.7. The van der Waals surface area contributed by atoms with Crippen molar-refractivity contribution in [3.8, 4) is 0 Å². The number of amides is 3. The van der Waals surface area contributed by atoms with Crippen molar-refractivity contribution in [2.75, 3.05) is 19.0 Å². The molecule has 1 unspecified atom stereocenters. The number of hydrogen-bond donors (Lipinski definition) is 3. The average Bonchev–Trinajstić information content (AvgIpc) is 3.31. The number of ketones is 1. The van der Waals surface area contributed by atoms with Crippen LogP contribution in [0.25, 0.3) is 0 Å². The van der Waals surface area contributed by atoms with Gasteiger partial charge in [0.25, 0.3) is 17.6 Å². The first-order valence-corrected chi connectivity index (χ1v) is 12.1. The number of nitrogens with zero attached hydrogens (tertiary/aromatic N) is 1. The highest BCUT2D eigenvalue weighted by atomic mass is 19.4. The smallest absolute Gasteiger partial charge is 0.452 e. The number of Topliss-reactive ketones (excluding diaryl/α,β-unsaturated/α-hetero) is 1. The topological polar surface area (TPSA) is 148 Å². The summed E-state index contributed by atoms with van der Waals surface area (Å²) in [5, 5.41) is 4.60. The monoisotopic (exact) mass is 542 g/mol. The minimum Gasteiger partial charge on any atom is -0.465 e. The van der Waals surface area contributed by atoms with Crippen LogP contribution in [0.1, 0.15) is 50.9 Å². The van der Waals surface area contributed by atoms with E-state index in [9.17, 15) is 37.1 Å². The van der Waals surface area contributed by atoms with Crippen LogP contribution in [0.15, 0.2) is 24.3 Å².